The van der Waals surface area contributed by atoms with Gasteiger partial charge in [-0.2, -0.15) is 0 Å². The summed E-state index contributed by atoms with van der Waals surface area (Å²) in [6.07, 6.45) is 2.19. The van der Waals surface area contributed by atoms with E-state index in [0.717, 1.165) is 19.4 Å². The lowest BCUT2D eigenvalue weighted by Gasteiger charge is -2.27. The molecule has 2 N–H and O–H groups in total. The monoisotopic (exact) mass is 250 g/mol. The summed E-state index contributed by atoms with van der Waals surface area (Å²) in [7, 11) is 3.95. The Kier molecular flexibility index (Phi) is 6.33. The van der Waals surface area contributed by atoms with Crippen molar-refractivity contribution in [1.82, 2.24) is 10.2 Å². The molecule has 0 fully saturated rings. The lowest BCUT2D eigenvalue weighted by atomic mass is 10.1. The molecule has 3 heteroatoms. The number of rotatable bonds is 8. The highest BCUT2D eigenvalue weighted by Crippen LogP contribution is 2.04. The van der Waals surface area contributed by atoms with Crippen molar-refractivity contribution >= 4 is 0 Å². The van der Waals surface area contributed by atoms with Gasteiger partial charge in [0.05, 0.1) is 5.60 Å². The molecular weight excluding hydrogens is 224 g/mol. The van der Waals surface area contributed by atoms with E-state index in [1.807, 2.05) is 32.0 Å². The Hall–Kier alpha value is -0.900. The van der Waals surface area contributed by atoms with Gasteiger partial charge < -0.3 is 15.3 Å². The average Bonchev–Trinajstić information content (AvgIpc) is 2.28. The largest absolute Gasteiger partial charge is 0.388 e. The first-order valence-electron chi connectivity index (χ1n) is 6.61. The summed E-state index contributed by atoms with van der Waals surface area (Å²) in [6.45, 7) is 4.13. The Morgan fingerprint density at radius 3 is 2.50 bits per heavy atom. The van der Waals surface area contributed by atoms with Crippen LogP contribution in [0.5, 0.6) is 0 Å². The summed E-state index contributed by atoms with van der Waals surface area (Å²) in [5.41, 5.74) is 0.718. The van der Waals surface area contributed by atoms with Crippen molar-refractivity contribution in [2.75, 3.05) is 33.7 Å². The summed E-state index contributed by atoms with van der Waals surface area (Å²) in [4.78, 5) is 2.01. The predicted molar refractivity (Wildman–Crippen MR) is 76.8 cm³/mol. The highest BCUT2D eigenvalue weighted by atomic mass is 16.3. The van der Waals surface area contributed by atoms with Crippen molar-refractivity contribution in [3.8, 4) is 0 Å². The van der Waals surface area contributed by atoms with Crippen LogP contribution >= 0.6 is 0 Å². The van der Waals surface area contributed by atoms with Gasteiger partial charge in [0.2, 0.25) is 0 Å². The van der Waals surface area contributed by atoms with Gasteiger partial charge in [0.25, 0.3) is 0 Å². The van der Waals surface area contributed by atoms with Crippen LogP contribution in [0, 0.1) is 0 Å². The molecule has 3 nitrogen and oxygen atoms in total. The molecule has 1 rings (SSSR count). The predicted octanol–water partition coefficient (Wildman–Crippen LogP) is 1.52. The fraction of sp³-hybridized carbons (Fsp3) is 0.600. The fourth-order valence-corrected chi connectivity index (χ4v) is 2.16. The quantitative estimate of drug-likeness (QED) is 0.687. The normalized spacial score (nSPS) is 14.7. The molecule has 18 heavy (non-hydrogen) atoms. The van der Waals surface area contributed by atoms with Gasteiger partial charge in [0.1, 0.15) is 0 Å². The van der Waals surface area contributed by atoms with Gasteiger partial charge in [-0.05, 0) is 46.0 Å². The van der Waals surface area contributed by atoms with Crippen LogP contribution in [-0.2, 0) is 6.42 Å². The zero-order valence-electron chi connectivity index (χ0n) is 11.8. The third-order valence-corrected chi connectivity index (χ3v) is 2.82. The van der Waals surface area contributed by atoms with Crippen molar-refractivity contribution in [2.24, 2.45) is 0 Å². The maximum Gasteiger partial charge on any atom is 0.0869 e. The summed E-state index contributed by atoms with van der Waals surface area (Å²) in [5.74, 6) is 0. The van der Waals surface area contributed by atoms with Crippen molar-refractivity contribution in [3.63, 3.8) is 0 Å². The molecule has 0 heterocycles. The van der Waals surface area contributed by atoms with E-state index < -0.39 is 5.60 Å². The van der Waals surface area contributed by atoms with Crippen LogP contribution in [-0.4, -0.2) is 49.3 Å². The van der Waals surface area contributed by atoms with Crippen LogP contribution in [0.25, 0.3) is 0 Å². The number of aliphatic hydroxyl groups is 1. The molecule has 102 valence electrons. The van der Waals surface area contributed by atoms with Crippen LogP contribution in [0.15, 0.2) is 30.3 Å². The van der Waals surface area contributed by atoms with E-state index in [4.69, 9.17) is 0 Å². The number of nitrogens with zero attached hydrogens (tertiary/aromatic N) is 1. The van der Waals surface area contributed by atoms with Gasteiger partial charge in [0.15, 0.2) is 0 Å². The average molecular weight is 250 g/mol. The number of likely N-dealkylation sites (N-methyl/N-ethyl adjacent to an activating group) is 1. The second-order valence-corrected chi connectivity index (χ2v) is 5.50. The van der Waals surface area contributed by atoms with Crippen LogP contribution < -0.4 is 5.32 Å². The van der Waals surface area contributed by atoms with Gasteiger partial charge >= 0.3 is 0 Å². The number of hydrogen-bond acceptors (Lipinski definition) is 3. The maximum atomic E-state index is 10.1. The molecule has 0 saturated carbocycles. The van der Waals surface area contributed by atoms with Crippen molar-refractivity contribution in [1.29, 1.82) is 0 Å². The second kappa shape index (κ2) is 7.52. The molecule has 1 atom stereocenters. The minimum Gasteiger partial charge on any atom is -0.388 e. The Morgan fingerprint density at radius 2 is 1.89 bits per heavy atom. The molecule has 0 aliphatic rings. The number of hydrogen-bond donors (Lipinski definition) is 2. The van der Waals surface area contributed by atoms with E-state index in [9.17, 15) is 5.11 Å². The zero-order chi connectivity index (χ0) is 13.4. The van der Waals surface area contributed by atoms with Gasteiger partial charge in [-0.25, -0.2) is 0 Å². The summed E-state index contributed by atoms with van der Waals surface area (Å²) in [6, 6.07) is 10.5. The SMILES string of the molecule is CN(C)CC(C)(O)CNCCCc1ccccc1. The first kappa shape index (κ1) is 15.2. The second-order valence-electron chi connectivity index (χ2n) is 5.50. The first-order chi connectivity index (χ1) is 8.49. The van der Waals surface area contributed by atoms with Crippen molar-refractivity contribution in [3.05, 3.63) is 35.9 Å². The highest BCUT2D eigenvalue weighted by molar-refractivity contribution is 5.14. The van der Waals surface area contributed by atoms with Gasteiger partial charge in [-0.1, -0.05) is 30.3 Å². The molecule has 1 unspecified atom stereocenters. The van der Waals surface area contributed by atoms with Gasteiger partial charge in [-0.3, -0.25) is 0 Å². The summed E-state index contributed by atoms with van der Waals surface area (Å²) >= 11 is 0. The topological polar surface area (TPSA) is 35.5 Å². The Morgan fingerprint density at radius 1 is 1.22 bits per heavy atom. The van der Waals surface area contributed by atoms with Gasteiger partial charge in [0, 0.05) is 13.1 Å². The summed E-state index contributed by atoms with van der Waals surface area (Å²) < 4.78 is 0. The molecular formula is C15H26N2O. The zero-order valence-corrected chi connectivity index (χ0v) is 11.8. The number of benzene rings is 1. The Balaban J connectivity index is 2.12. The van der Waals surface area contributed by atoms with Crippen LogP contribution in [0.3, 0.4) is 0 Å². The molecule has 0 spiro atoms. The minimum absolute atomic E-state index is 0.639. The smallest absolute Gasteiger partial charge is 0.0869 e. The van der Waals surface area contributed by atoms with Crippen molar-refractivity contribution < 1.29 is 5.11 Å². The third-order valence-electron chi connectivity index (χ3n) is 2.82. The standard InChI is InChI=1S/C15H26N2O/c1-15(18,13-17(2)3)12-16-11-7-10-14-8-5-4-6-9-14/h4-6,8-9,16,18H,7,10-13H2,1-3H3. The van der Waals surface area contributed by atoms with E-state index in [1.165, 1.54) is 5.56 Å². The molecule has 0 aromatic heterocycles. The molecule has 0 amide bonds. The van der Waals surface area contributed by atoms with E-state index in [0.29, 0.717) is 13.1 Å². The number of nitrogens with one attached hydrogen (secondary N) is 1. The Bertz CT molecular complexity index is 323. The third kappa shape index (κ3) is 6.74. The van der Waals surface area contributed by atoms with Gasteiger partial charge in [-0.15, -0.1) is 0 Å². The van der Waals surface area contributed by atoms with Crippen LogP contribution in [0.2, 0.25) is 0 Å². The highest BCUT2D eigenvalue weighted by Gasteiger charge is 2.20. The first-order valence-corrected chi connectivity index (χ1v) is 6.61. The van der Waals surface area contributed by atoms with Crippen molar-refractivity contribution in [2.45, 2.75) is 25.4 Å². The maximum absolute atomic E-state index is 10.1. The molecule has 0 aliphatic carbocycles. The Labute approximate surface area is 111 Å². The van der Waals surface area contributed by atoms with E-state index in [1.54, 1.807) is 0 Å². The minimum atomic E-state index is -0.657. The van der Waals surface area contributed by atoms with E-state index >= 15 is 0 Å². The molecule has 1 aromatic rings. The van der Waals surface area contributed by atoms with Crippen LogP contribution in [0.1, 0.15) is 18.9 Å². The van der Waals surface area contributed by atoms with E-state index in [-0.39, 0.29) is 0 Å². The molecule has 0 saturated heterocycles. The lowest BCUT2D eigenvalue weighted by Crippen LogP contribution is -2.45. The number of aryl methyl sites for hydroxylation is 1. The van der Waals surface area contributed by atoms with Crippen LogP contribution in [0.4, 0.5) is 0 Å². The lowest BCUT2D eigenvalue weighted by molar-refractivity contribution is 0.0340. The molecule has 0 bridgehead atoms. The summed E-state index contributed by atoms with van der Waals surface area (Å²) in [5, 5.41) is 13.4. The fourth-order valence-electron chi connectivity index (χ4n) is 2.16. The molecule has 1 aromatic carbocycles. The molecule has 0 aliphatic heterocycles. The molecule has 0 radical (unpaired) electrons. The van der Waals surface area contributed by atoms with E-state index in [2.05, 4.69) is 29.6 Å².